The van der Waals surface area contributed by atoms with Crippen LogP contribution in [0, 0.1) is 122 Å². The number of rotatable bonds is 9. The normalized spacial score (nSPS) is 44.0. The first-order valence-electron chi connectivity index (χ1n) is 36.6. The molecule has 6 nitrogen and oxygen atoms in total. The molecular weight excluding hydrogens is 1030 g/mol. The van der Waals surface area contributed by atoms with Gasteiger partial charge in [0.1, 0.15) is 0 Å². The van der Waals surface area contributed by atoms with Crippen molar-refractivity contribution < 1.29 is 0 Å². The quantitative estimate of drug-likeness (QED) is 0.172. The Bertz CT molecular complexity index is 2600. The van der Waals surface area contributed by atoms with Gasteiger partial charge in [0.2, 0.25) is 0 Å². The number of nitrogens with two attached hydrogens (primary N) is 3. The summed E-state index contributed by atoms with van der Waals surface area (Å²) < 4.78 is 0. The summed E-state index contributed by atoms with van der Waals surface area (Å²) in [4.78, 5) is 7.44. The monoisotopic (exact) mass is 1160 g/mol. The molecular formula is C79H130N6. The highest BCUT2D eigenvalue weighted by Crippen LogP contribution is 2.65. The van der Waals surface area contributed by atoms with Crippen molar-refractivity contribution in [3.63, 3.8) is 0 Å². The van der Waals surface area contributed by atoms with Crippen molar-refractivity contribution >= 4 is 5.71 Å². The van der Waals surface area contributed by atoms with Gasteiger partial charge in [0.25, 0.3) is 0 Å². The highest BCUT2D eigenvalue weighted by atomic mass is 15.1. The molecule has 6 saturated carbocycles. The Morgan fingerprint density at radius 3 is 1.82 bits per heavy atom. The molecule has 0 aromatic carbocycles. The van der Waals surface area contributed by atoms with Crippen molar-refractivity contribution in [1.29, 1.82) is 0 Å². The Balaban J connectivity index is 0.000000133. The fourth-order valence-corrected chi connectivity index (χ4v) is 24.0. The molecule has 7 N–H and O–H groups in total. The predicted octanol–water partition coefficient (Wildman–Crippen LogP) is 17.7. The molecule has 12 aliphatic carbocycles. The van der Waals surface area contributed by atoms with Crippen LogP contribution in [0.5, 0.6) is 0 Å². The summed E-state index contributed by atoms with van der Waals surface area (Å²) in [5.41, 5.74) is 33.1. The Morgan fingerprint density at radius 2 is 1.21 bits per heavy atom. The zero-order valence-electron chi connectivity index (χ0n) is 57.5. The average molecular weight is 1160 g/mol. The molecule has 476 valence electrons. The van der Waals surface area contributed by atoms with Crippen LogP contribution >= 0.6 is 0 Å². The van der Waals surface area contributed by atoms with Gasteiger partial charge in [-0.05, 0) is 329 Å². The minimum absolute atomic E-state index is 0.249. The summed E-state index contributed by atoms with van der Waals surface area (Å²) >= 11 is 0. The molecule has 0 saturated heterocycles. The van der Waals surface area contributed by atoms with Crippen molar-refractivity contribution in [3.8, 4) is 0 Å². The summed E-state index contributed by atoms with van der Waals surface area (Å²) in [6.45, 7) is 31.8. The maximum atomic E-state index is 6.56. The summed E-state index contributed by atoms with van der Waals surface area (Å²) in [7, 11) is 6.66. The molecule has 0 amide bonds. The molecule has 6 heteroatoms. The van der Waals surface area contributed by atoms with Crippen molar-refractivity contribution in [2.45, 2.75) is 261 Å². The van der Waals surface area contributed by atoms with E-state index in [0.29, 0.717) is 57.7 Å². The van der Waals surface area contributed by atoms with Crippen LogP contribution in [0.1, 0.15) is 237 Å². The Hall–Kier alpha value is -2.09. The number of fused-ring (bicyclic) bond motifs is 12. The molecule has 0 aromatic heterocycles. The number of nitrogens with one attached hydrogen (secondary N) is 1. The third-order valence-corrected chi connectivity index (χ3v) is 30.0. The van der Waals surface area contributed by atoms with E-state index in [1.54, 1.807) is 27.9 Å². The number of nitrogens with zero attached hydrogens (tertiary/aromatic N) is 2. The third-order valence-electron chi connectivity index (χ3n) is 30.0. The lowest BCUT2D eigenvalue weighted by molar-refractivity contribution is 0.0589. The second kappa shape index (κ2) is 25.2. The van der Waals surface area contributed by atoms with Crippen molar-refractivity contribution in [1.82, 2.24) is 10.2 Å². The highest BCUT2D eigenvalue weighted by Gasteiger charge is 2.57. The van der Waals surface area contributed by atoms with Gasteiger partial charge >= 0.3 is 0 Å². The summed E-state index contributed by atoms with van der Waals surface area (Å²) in [5.74, 6) is 12.7. The number of allylic oxidation sites excluding steroid dienone is 11. The summed E-state index contributed by atoms with van der Waals surface area (Å²) in [6.07, 6.45) is 47.7. The van der Waals surface area contributed by atoms with E-state index >= 15 is 0 Å². The zero-order valence-corrected chi connectivity index (χ0v) is 57.5. The van der Waals surface area contributed by atoms with E-state index in [1.165, 1.54) is 147 Å². The van der Waals surface area contributed by atoms with Crippen molar-refractivity contribution in [3.05, 3.63) is 69.9 Å². The molecule has 0 aromatic rings. The lowest BCUT2D eigenvalue weighted by atomic mass is 9.58. The zero-order chi connectivity index (χ0) is 60.7. The largest absolute Gasteiger partial charge is 0.330 e. The minimum atomic E-state index is 0.249. The van der Waals surface area contributed by atoms with Crippen LogP contribution in [-0.4, -0.2) is 69.0 Å². The van der Waals surface area contributed by atoms with E-state index in [-0.39, 0.29) is 5.41 Å². The van der Waals surface area contributed by atoms with Crippen LogP contribution in [0.3, 0.4) is 0 Å². The standard InChI is InChI=1S/C29H46N2.2C25H42N2/c1-18(2)23-16-25(31-17-23)13-19(3)27-9-10-28-26-8-6-21-15-24(30)7-5-20(21)14-22(26)11-12-29(27,28)4;1-16(27(5)6)20-10-11-22-19-8-9-21-18(7-12-23(26)24(21,2)3)15-17(19)13-14-25(20,22)4;1-16(27-5)21-10-11-23-20-8-9-22-18(6-7-19(15-26)24(22,2)3)14-17(20)12-13-25(21,23)4/h5,8,18-19,21-24,27-28H,6-7,9-17,30H2,1-4H3;13,15-16,19-23H,7-12,14,26H2,1-6H3;12,14,16,19-23,27H,6-11,13,15,26H2,1-5H3/t19-,21+,22?,23?,24-,27-,28+,29-;16-,19+,20+,21+,22-,23-,25+;16-,19+,20+,21+,22+,23-,25+/m100/s1. The molecule has 0 radical (unpaired) electrons. The van der Waals surface area contributed by atoms with Crippen LogP contribution < -0.4 is 22.5 Å². The van der Waals surface area contributed by atoms with Gasteiger partial charge in [0, 0.05) is 36.4 Å². The van der Waals surface area contributed by atoms with E-state index in [2.05, 4.69) is 151 Å². The molecule has 2 unspecified atom stereocenters. The Labute approximate surface area is 522 Å². The van der Waals surface area contributed by atoms with Crippen LogP contribution in [0.15, 0.2) is 74.9 Å². The topological polar surface area (TPSA) is 106 Å². The van der Waals surface area contributed by atoms with Gasteiger partial charge < -0.3 is 27.4 Å². The van der Waals surface area contributed by atoms with E-state index < -0.39 is 0 Å². The first-order valence-corrected chi connectivity index (χ1v) is 36.6. The molecule has 13 rings (SSSR count). The average Bonchev–Trinajstić information content (AvgIpc) is 1.77. The van der Waals surface area contributed by atoms with Crippen LogP contribution in [-0.2, 0) is 0 Å². The van der Waals surface area contributed by atoms with E-state index in [1.807, 2.05) is 5.57 Å². The number of aliphatic imine (C=N–C) groups is 1. The summed E-state index contributed by atoms with van der Waals surface area (Å²) in [6, 6.07) is 2.06. The highest BCUT2D eigenvalue weighted by molar-refractivity contribution is 5.86. The molecule has 13 aliphatic rings. The molecule has 22 atom stereocenters. The molecule has 6 fully saturated rings. The number of hydrogen-bond donors (Lipinski definition) is 4. The molecule has 1 aliphatic heterocycles. The molecule has 1 heterocycles. The van der Waals surface area contributed by atoms with E-state index in [9.17, 15) is 0 Å². The van der Waals surface area contributed by atoms with Crippen LogP contribution in [0.25, 0.3) is 0 Å². The summed E-state index contributed by atoms with van der Waals surface area (Å²) in [5, 5.41) is 3.57. The van der Waals surface area contributed by atoms with Gasteiger partial charge in [0.15, 0.2) is 0 Å². The fourth-order valence-electron chi connectivity index (χ4n) is 24.0. The van der Waals surface area contributed by atoms with Crippen molar-refractivity contribution in [2.75, 3.05) is 34.2 Å². The van der Waals surface area contributed by atoms with Crippen molar-refractivity contribution in [2.24, 2.45) is 144 Å². The maximum absolute atomic E-state index is 6.56. The molecule has 0 spiro atoms. The Kier molecular flexibility index (Phi) is 19.1. The maximum Gasteiger partial charge on any atom is 0.0423 e. The lowest BCUT2D eigenvalue weighted by Gasteiger charge is -2.47. The van der Waals surface area contributed by atoms with Gasteiger partial charge in [-0.15, -0.1) is 0 Å². The molecule has 0 bridgehead atoms. The SMILES string of the molecule is CC(C)C1CN=C(C[C@@H](C)[C@H]2CC[C@H]3C4=CC[C@H]5C[C@H](N)CC=C5CC4CC[C@]23C)C1.CN[C@@H](C)[C@H]1CC[C@H]2[C@@H]3CC[C@@H]4C(=CC3=CC[C@]12C)CC[C@H](CN)C4(C)C.C[C@@H]([C@H]1CC[C@H]2[C@@H]3CC[C@@H]4C(=CC3=CC[C@]12C)CC[C@H](N)C4(C)C)N(C)C. The number of hydrogen-bond acceptors (Lipinski definition) is 6. The van der Waals surface area contributed by atoms with E-state index in [4.69, 9.17) is 22.2 Å². The van der Waals surface area contributed by atoms with Crippen LogP contribution in [0.2, 0.25) is 0 Å². The fraction of sp³-hybridized carbons (Fsp3) is 0.835. The van der Waals surface area contributed by atoms with E-state index in [0.717, 1.165) is 109 Å². The van der Waals surface area contributed by atoms with Gasteiger partial charge in [-0.25, -0.2) is 0 Å². The van der Waals surface area contributed by atoms with Gasteiger partial charge in [-0.1, -0.05) is 128 Å². The van der Waals surface area contributed by atoms with Gasteiger partial charge in [-0.2, -0.15) is 0 Å². The van der Waals surface area contributed by atoms with Gasteiger partial charge in [0.05, 0.1) is 0 Å². The second-order valence-corrected chi connectivity index (χ2v) is 35.0. The van der Waals surface area contributed by atoms with Gasteiger partial charge in [-0.3, -0.25) is 4.99 Å². The second-order valence-electron chi connectivity index (χ2n) is 35.0. The van der Waals surface area contributed by atoms with Crippen LogP contribution in [0.4, 0.5) is 0 Å². The predicted molar refractivity (Wildman–Crippen MR) is 363 cm³/mol. The smallest absolute Gasteiger partial charge is 0.0423 e. The Morgan fingerprint density at radius 1 is 0.612 bits per heavy atom. The first-order chi connectivity index (χ1) is 40.3. The minimum Gasteiger partial charge on any atom is -0.330 e. The lowest BCUT2D eigenvalue weighted by Crippen LogP contribution is -2.46. The third kappa shape index (κ3) is 11.9. The first kappa shape index (κ1) is 64.4. The molecule has 85 heavy (non-hydrogen) atoms.